The van der Waals surface area contributed by atoms with E-state index in [1.165, 1.54) is 15.4 Å². The molecule has 0 fully saturated rings. The van der Waals surface area contributed by atoms with Gasteiger partial charge in [0.25, 0.3) is 0 Å². The van der Waals surface area contributed by atoms with Crippen molar-refractivity contribution < 1.29 is 0 Å². The molecule has 0 radical (unpaired) electrons. The van der Waals surface area contributed by atoms with Crippen LogP contribution in [0.15, 0.2) is 24.7 Å². The number of hydrogen-bond acceptors (Lipinski definition) is 2. The van der Waals surface area contributed by atoms with Crippen molar-refractivity contribution in [3.05, 3.63) is 40.1 Å². The first-order valence-electron chi connectivity index (χ1n) is 3.87. The molecule has 0 unspecified atom stereocenters. The van der Waals surface area contributed by atoms with E-state index in [0.29, 0.717) is 0 Å². The summed E-state index contributed by atoms with van der Waals surface area (Å²) in [7, 11) is 0. The highest BCUT2D eigenvalue weighted by atomic mass is 32.1. The molecule has 2 rings (SSSR count). The van der Waals surface area contributed by atoms with Gasteiger partial charge in [-0.25, -0.2) is 4.98 Å². The Morgan fingerprint density at radius 2 is 2.42 bits per heavy atom. The molecule has 3 heteroatoms. The van der Waals surface area contributed by atoms with Gasteiger partial charge in [0.05, 0.1) is 6.33 Å². The van der Waals surface area contributed by atoms with Crippen molar-refractivity contribution in [3.63, 3.8) is 0 Å². The Kier molecular flexibility index (Phi) is 1.96. The lowest BCUT2D eigenvalue weighted by atomic mass is 10.3. The summed E-state index contributed by atoms with van der Waals surface area (Å²) in [6, 6.07) is 4.32. The third-order valence-corrected chi connectivity index (χ3v) is 2.72. The number of thiophene rings is 1. The molecule has 12 heavy (non-hydrogen) atoms. The molecule has 62 valence electrons. The van der Waals surface area contributed by atoms with Crippen molar-refractivity contribution in [1.29, 1.82) is 0 Å². The van der Waals surface area contributed by atoms with Crippen molar-refractivity contribution in [2.24, 2.45) is 0 Å². The van der Waals surface area contributed by atoms with Crippen LogP contribution in [0, 0.1) is 6.92 Å². The normalized spacial score (nSPS) is 10.4. The fourth-order valence-corrected chi connectivity index (χ4v) is 2.06. The van der Waals surface area contributed by atoms with Gasteiger partial charge < -0.3 is 4.98 Å². The molecular weight excluding hydrogens is 168 g/mol. The summed E-state index contributed by atoms with van der Waals surface area (Å²) in [6.45, 7) is 2.13. The highest BCUT2D eigenvalue weighted by Gasteiger charge is 1.98. The monoisotopic (exact) mass is 178 g/mol. The Morgan fingerprint density at radius 1 is 1.50 bits per heavy atom. The second-order valence-electron chi connectivity index (χ2n) is 2.77. The summed E-state index contributed by atoms with van der Waals surface area (Å²) in [5.74, 6) is 0. The maximum Gasteiger partial charge on any atom is 0.0921 e. The number of aromatic amines is 1. The molecule has 0 aliphatic carbocycles. The minimum Gasteiger partial charge on any atom is -0.348 e. The predicted molar refractivity (Wildman–Crippen MR) is 50.4 cm³/mol. The average molecular weight is 178 g/mol. The lowest BCUT2D eigenvalue weighted by molar-refractivity contribution is 1.13. The Bertz CT molecular complexity index is 348. The fourth-order valence-electron chi connectivity index (χ4n) is 1.15. The summed E-state index contributed by atoms with van der Waals surface area (Å²) >= 11 is 1.84. The van der Waals surface area contributed by atoms with Crippen LogP contribution in [0.4, 0.5) is 0 Å². The van der Waals surface area contributed by atoms with Crippen LogP contribution in [0.1, 0.15) is 15.4 Å². The van der Waals surface area contributed by atoms with Gasteiger partial charge in [0.15, 0.2) is 0 Å². The van der Waals surface area contributed by atoms with E-state index in [1.54, 1.807) is 6.33 Å². The lowest BCUT2D eigenvalue weighted by Crippen LogP contribution is -1.82. The number of hydrogen-bond donors (Lipinski definition) is 1. The summed E-state index contributed by atoms with van der Waals surface area (Å²) in [5, 5.41) is 0. The molecule has 0 aliphatic heterocycles. The van der Waals surface area contributed by atoms with Gasteiger partial charge in [-0.15, -0.1) is 11.3 Å². The molecule has 2 aromatic heterocycles. The van der Waals surface area contributed by atoms with Crippen molar-refractivity contribution in [2.45, 2.75) is 13.3 Å². The van der Waals surface area contributed by atoms with Gasteiger partial charge in [0, 0.05) is 28.1 Å². The zero-order valence-electron chi connectivity index (χ0n) is 6.87. The number of H-pyrrole nitrogens is 1. The van der Waals surface area contributed by atoms with Gasteiger partial charge in [-0.2, -0.15) is 0 Å². The van der Waals surface area contributed by atoms with Gasteiger partial charge in [0.1, 0.15) is 0 Å². The summed E-state index contributed by atoms with van der Waals surface area (Å²) in [6.07, 6.45) is 4.56. The molecule has 0 saturated heterocycles. The van der Waals surface area contributed by atoms with Crippen molar-refractivity contribution >= 4 is 11.3 Å². The Morgan fingerprint density at radius 3 is 3.00 bits per heavy atom. The van der Waals surface area contributed by atoms with Crippen LogP contribution in [-0.2, 0) is 6.42 Å². The first kappa shape index (κ1) is 7.55. The van der Waals surface area contributed by atoms with Gasteiger partial charge in [-0.1, -0.05) is 0 Å². The van der Waals surface area contributed by atoms with Crippen molar-refractivity contribution in [2.75, 3.05) is 0 Å². The number of nitrogens with zero attached hydrogens (tertiary/aromatic N) is 1. The van der Waals surface area contributed by atoms with Crippen LogP contribution in [0.25, 0.3) is 0 Å². The van der Waals surface area contributed by atoms with Crippen LogP contribution >= 0.6 is 11.3 Å². The Balaban J connectivity index is 2.14. The van der Waals surface area contributed by atoms with Crippen molar-refractivity contribution in [1.82, 2.24) is 9.97 Å². The van der Waals surface area contributed by atoms with E-state index in [0.717, 1.165) is 6.42 Å². The Labute approximate surface area is 75.3 Å². The minimum absolute atomic E-state index is 0.971. The van der Waals surface area contributed by atoms with Gasteiger partial charge in [-0.3, -0.25) is 0 Å². The number of aryl methyl sites for hydroxylation is 1. The SMILES string of the molecule is Cc1ccc(Cc2cnc[nH]2)s1. The van der Waals surface area contributed by atoms with E-state index < -0.39 is 0 Å². The third kappa shape index (κ3) is 1.56. The second-order valence-corrected chi connectivity index (χ2v) is 4.14. The van der Waals surface area contributed by atoms with Crippen LogP contribution in [0.2, 0.25) is 0 Å². The molecule has 2 aromatic rings. The molecule has 0 bridgehead atoms. The van der Waals surface area contributed by atoms with E-state index in [9.17, 15) is 0 Å². The molecule has 0 amide bonds. The van der Waals surface area contributed by atoms with E-state index in [1.807, 2.05) is 17.5 Å². The molecule has 2 nitrogen and oxygen atoms in total. The van der Waals surface area contributed by atoms with Crippen LogP contribution < -0.4 is 0 Å². The third-order valence-electron chi connectivity index (χ3n) is 1.72. The second kappa shape index (κ2) is 3.11. The molecule has 0 atom stereocenters. The highest BCUT2D eigenvalue weighted by Crippen LogP contribution is 2.17. The quantitative estimate of drug-likeness (QED) is 0.751. The maximum atomic E-state index is 3.97. The first-order valence-corrected chi connectivity index (χ1v) is 4.69. The standard InChI is InChI=1S/C9H10N2S/c1-7-2-3-9(12-7)4-8-5-10-6-11-8/h2-3,5-6H,4H2,1H3,(H,10,11). The van der Waals surface area contributed by atoms with Crippen molar-refractivity contribution in [3.8, 4) is 0 Å². The lowest BCUT2D eigenvalue weighted by Gasteiger charge is -1.90. The fraction of sp³-hybridized carbons (Fsp3) is 0.222. The van der Waals surface area contributed by atoms with Gasteiger partial charge >= 0.3 is 0 Å². The largest absolute Gasteiger partial charge is 0.348 e. The zero-order valence-corrected chi connectivity index (χ0v) is 7.69. The minimum atomic E-state index is 0.971. The van der Waals surface area contributed by atoms with Gasteiger partial charge in [-0.05, 0) is 19.1 Å². The molecular formula is C9H10N2S. The number of nitrogens with one attached hydrogen (secondary N) is 1. The Hall–Kier alpha value is -1.09. The van der Waals surface area contributed by atoms with E-state index in [4.69, 9.17) is 0 Å². The van der Waals surface area contributed by atoms with Crippen LogP contribution in [0.5, 0.6) is 0 Å². The molecule has 1 N–H and O–H groups in total. The molecule has 0 aliphatic rings. The topological polar surface area (TPSA) is 28.7 Å². The van der Waals surface area contributed by atoms with Crippen LogP contribution in [-0.4, -0.2) is 9.97 Å². The molecule has 0 aromatic carbocycles. The summed E-state index contributed by atoms with van der Waals surface area (Å²) < 4.78 is 0. The van der Waals surface area contributed by atoms with E-state index >= 15 is 0 Å². The predicted octanol–water partition coefficient (Wildman–Crippen LogP) is 2.37. The number of aromatic nitrogens is 2. The number of rotatable bonds is 2. The molecule has 0 spiro atoms. The van der Waals surface area contributed by atoms with E-state index in [-0.39, 0.29) is 0 Å². The number of imidazole rings is 1. The first-order chi connectivity index (χ1) is 5.84. The smallest absolute Gasteiger partial charge is 0.0921 e. The average Bonchev–Trinajstić information content (AvgIpc) is 2.63. The van der Waals surface area contributed by atoms with Crippen LogP contribution in [0.3, 0.4) is 0 Å². The summed E-state index contributed by atoms with van der Waals surface area (Å²) in [5.41, 5.74) is 1.18. The summed E-state index contributed by atoms with van der Waals surface area (Å²) in [4.78, 5) is 9.82. The molecule has 2 heterocycles. The molecule has 0 saturated carbocycles. The maximum absolute atomic E-state index is 3.97. The van der Waals surface area contributed by atoms with Gasteiger partial charge in [0.2, 0.25) is 0 Å². The zero-order chi connectivity index (χ0) is 8.39. The van der Waals surface area contributed by atoms with E-state index in [2.05, 4.69) is 29.0 Å². The highest BCUT2D eigenvalue weighted by molar-refractivity contribution is 7.11.